The van der Waals surface area contributed by atoms with E-state index in [1.807, 2.05) is 47.2 Å². The van der Waals surface area contributed by atoms with E-state index in [-0.39, 0.29) is 6.09 Å². The van der Waals surface area contributed by atoms with Crippen molar-refractivity contribution >= 4 is 45.8 Å². The van der Waals surface area contributed by atoms with Crippen LogP contribution in [0.3, 0.4) is 0 Å². The lowest BCUT2D eigenvalue weighted by molar-refractivity contribution is 0.0536. The lowest BCUT2D eigenvalue weighted by Gasteiger charge is -2.36. The molecule has 0 unspecified atom stereocenters. The number of anilines is 1. The average molecular weight is 495 g/mol. The molecule has 0 bridgehead atoms. The lowest BCUT2D eigenvalue weighted by atomic mass is 10.00. The summed E-state index contributed by atoms with van der Waals surface area (Å²) in [5.74, 6) is 0. The fourth-order valence-electron chi connectivity index (χ4n) is 4.34. The number of amides is 1. The van der Waals surface area contributed by atoms with E-state index in [1.165, 1.54) is 0 Å². The van der Waals surface area contributed by atoms with Crippen LogP contribution in [0.4, 0.5) is 10.5 Å². The largest absolute Gasteiger partial charge is 0.439 e. The number of carbonyl (C=O) groups is 1. The molecule has 8 heteroatoms. The molecule has 1 amide bonds. The molecule has 1 fully saturated rings. The van der Waals surface area contributed by atoms with Crippen LogP contribution in [0.1, 0.15) is 11.7 Å². The highest BCUT2D eigenvalue weighted by Gasteiger charge is 2.27. The van der Waals surface area contributed by atoms with Gasteiger partial charge in [-0.1, -0.05) is 65.7 Å². The minimum atomic E-state index is -0.444. The maximum atomic E-state index is 13.2. The zero-order valence-electron chi connectivity index (χ0n) is 18.5. The molecular formula is C26H24Cl2N4O2. The summed E-state index contributed by atoms with van der Waals surface area (Å²) in [6.07, 6.45) is 4.58. The first-order valence-electron chi connectivity index (χ1n) is 11.2. The summed E-state index contributed by atoms with van der Waals surface area (Å²) in [6.45, 7) is 2.99. The third-order valence-electron chi connectivity index (χ3n) is 6.16. The molecule has 34 heavy (non-hydrogen) atoms. The third kappa shape index (κ3) is 4.83. The number of carbonyl (C=O) groups excluding carboxylic acids is 1. The zero-order chi connectivity index (χ0) is 23.5. The van der Waals surface area contributed by atoms with Crippen LogP contribution in [0.25, 0.3) is 10.8 Å². The first-order valence-corrected chi connectivity index (χ1v) is 11.9. The summed E-state index contributed by atoms with van der Waals surface area (Å²) in [5, 5.41) is 3.25. The molecule has 1 aliphatic heterocycles. The highest BCUT2D eigenvalue weighted by atomic mass is 35.5. The molecule has 0 aliphatic carbocycles. The molecule has 174 valence electrons. The Morgan fingerprint density at radius 1 is 0.971 bits per heavy atom. The van der Waals surface area contributed by atoms with E-state index in [0.29, 0.717) is 42.8 Å². The van der Waals surface area contributed by atoms with E-state index in [9.17, 15) is 4.79 Å². The topological polar surface area (TPSA) is 50.6 Å². The van der Waals surface area contributed by atoms with Gasteiger partial charge in [0.1, 0.15) is 6.10 Å². The van der Waals surface area contributed by atoms with Gasteiger partial charge in [-0.15, -0.1) is 0 Å². The van der Waals surface area contributed by atoms with Crippen LogP contribution in [0.15, 0.2) is 79.4 Å². The number of benzene rings is 3. The van der Waals surface area contributed by atoms with Crippen LogP contribution >= 0.6 is 23.2 Å². The summed E-state index contributed by atoms with van der Waals surface area (Å²) in [6, 6.07) is 19.8. The van der Waals surface area contributed by atoms with E-state index in [2.05, 4.69) is 28.1 Å². The Bertz CT molecular complexity index is 1280. The predicted molar refractivity (Wildman–Crippen MR) is 136 cm³/mol. The molecule has 1 aromatic heterocycles. The van der Waals surface area contributed by atoms with Crippen molar-refractivity contribution in [3.05, 3.63) is 95.0 Å². The normalized spacial score (nSPS) is 14.9. The Balaban J connectivity index is 1.31. The van der Waals surface area contributed by atoms with Crippen LogP contribution in [0.5, 0.6) is 0 Å². The molecule has 0 N–H and O–H groups in total. The van der Waals surface area contributed by atoms with Crippen molar-refractivity contribution in [1.29, 1.82) is 0 Å². The Hall–Kier alpha value is -3.22. The maximum Gasteiger partial charge on any atom is 0.410 e. The summed E-state index contributed by atoms with van der Waals surface area (Å²) in [7, 11) is 0. The molecular weight excluding hydrogens is 471 g/mol. The number of hydrogen-bond donors (Lipinski definition) is 0. The van der Waals surface area contributed by atoms with Crippen molar-refractivity contribution in [2.75, 3.05) is 31.1 Å². The average Bonchev–Trinajstić information content (AvgIpc) is 3.38. The SMILES string of the molecule is O=C(O[C@H](Cn1ccnc1)c1cccc2ccccc12)N1CCN(c2ccc(Cl)c(Cl)c2)CC1. The highest BCUT2D eigenvalue weighted by Crippen LogP contribution is 2.30. The van der Waals surface area contributed by atoms with E-state index < -0.39 is 6.10 Å². The van der Waals surface area contributed by atoms with Crippen molar-refractivity contribution in [1.82, 2.24) is 14.5 Å². The first-order chi connectivity index (χ1) is 16.6. The minimum Gasteiger partial charge on any atom is -0.439 e. The van der Waals surface area contributed by atoms with Gasteiger partial charge in [-0.05, 0) is 29.0 Å². The van der Waals surface area contributed by atoms with Crippen LogP contribution in [0.2, 0.25) is 10.0 Å². The van der Waals surface area contributed by atoms with Gasteiger partial charge in [0.15, 0.2) is 0 Å². The van der Waals surface area contributed by atoms with Crippen molar-refractivity contribution in [2.24, 2.45) is 0 Å². The Kier molecular flexibility index (Phi) is 6.61. The summed E-state index contributed by atoms with van der Waals surface area (Å²) >= 11 is 12.2. The third-order valence-corrected chi connectivity index (χ3v) is 6.89. The van der Waals surface area contributed by atoms with Gasteiger partial charge in [0.25, 0.3) is 0 Å². The number of ether oxygens (including phenoxy) is 1. The molecule has 2 heterocycles. The minimum absolute atomic E-state index is 0.313. The first kappa shape index (κ1) is 22.6. The van der Waals surface area contributed by atoms with Crippen molar-refractivity contribution in [2.45, 2.75) is 12.6 Å². The van der Waals surface area contributed by atoms with E-state index in [4.69, 9.17) is 27.9 Å². The molecule has 0 spiro atoms. The highest BCUT2D eigenvalue weighted by molar-refractivity contribution is 6.42. The molecule has 1 atom stereocenters. The van der Waals surface area contributed by atoms with Gasteiger partial charge >= 0.3 is 6.09 Å². The van der Waals surface area contributed by atoms with Crippen molar-refractivity contribution in [3.8, 4) is 0 Å². The van der Waals surface area contributed by atoms with Crippen LogP contribution in [-0.2, 0) is 11.3 Å². The number of hydrogen-bond acceptors (Lipinski definition) is 4. The molecule has 0 saturated carbocycles. The lowest BCUT2D eigenvalue weighted by Crippen LogP contribution is -2.49. The number of aromatic nitrogens is 2. The predicted octanol–water partition coefficient (Wildman–Crippen LogP) is 6.04. The number of imidazole rings is 1. The number of fused-ring (bicyclic) bond motifs is 1. The van der Waals surface area contributed by atoms with Gasteiger partial charge in [-0.3, -0.25) is 0 Å². The Morgan fingerprint density at radius 3 is 2.53 bits per heavy atom. The molecule has 1 saturated heterocycles. The molecule has 0 radical (unpaired) electrons. The van der Waals surface area contributed by atoms with Gasteiger partial charge in [0.2, 0.25) is 0 Å². The fraction of sp³-hybridized carbons (Fsp3) is 0.231. The second-order valence-corrected chi connectivity index (χ2v) is 9.09. The second-order valence-electron chi connectivity index (χ2n) is 8.27. The monoisotopic (exact) mass is 494 g/mol. The van der Waals surface area contributed by atoms with Gasteiger partial charge in [-0.2, -0.15) is 0 Å². The van der Waals surface area contributed by atoms with Gasteiger partial charge < -0.3 is 19.1 Å². The van der Waals surface area contributed by atoms with E-state index in [1.54, 1.807) is 23.5 Å². The van der Waals surface area contributed by atoms with E-state index >= 15 is 0 Å². The molecule has 4 aromatic rings. The van der Waals surface area contributed by atoms with Gasteiger partial charge in [0.05, 0.1) is 22.9 Å². The van der Waals surface area contributed by atoms with E-state index in [0.717, 1.165) is 22.0 Å². The summed E-state index contributed by atoms with van der Waals surface area (Å²) in [4.78, 5) is 21.3. The van der Waals surface area contributed by atoms with Crippen LogP contribution < -0.4 is 4.90 Å². The Morgan fingerprint density at radius 2 is 1.76 bits per heavy atom. The fourth-order valence-corrected chi connectivity index (χ4v) is 4.63. The van der Waals surface area contributed by atoms with Crippen LogP contribution in [-0.4, -0.2) is 46.7 Å². The molecule has 6 nitrogen and oxygen atoms in total. The second kappa shape index (κ2) is 9.95. The van der Waals surface area contributed by atoms with Crippen molar-refractivity contribution in [3.63, 3.8) is 0 Å². The molecule has 3 aromatic carbocycles. The smallest absolute Gasteiger partial charge is 0.410 e. The van der Waals surface area contributed by atoms with Crippen LogP contribution in [0, 0.1) is 0 Å². The number of rotatable bonds is 5. The standard InChI is InChI=1S/C26H24Cl2N4O2/c27-23-9-8-20(16-24(23)28)31-12-14-32(15-13-31)26(33)34-25(17-30-11-10-29-18-30)22-7-3-5-19-4-1-2-6-21(19)22/h1-11,16,18,25H,12-15,17H2/t25-/m1/s1. The summed E-state index contributed by atoms with van der Waals surface area (Å²) < 4.78 is 8.05. The Labute approximate surface area is 208 Å². The maximum absolute atomic E-state index is 13.2. The zero-order valence-corrected chi connectivity index (χ0v) is 20.0. The number of nitrogens with zero attached hydrogens (tertiary/aromatic N) is 4. The molecule has 5 rings (SSSR count). The van der Waals surface area contributed by atoms with Crippen molar-refractivity contribution < 1.29 is 9.53 Å². The molecule has 1 aliphatic rings. The number of piperazine rings is 1. The quantitative estimate of drug-likeness (QED) is 0.339. The van der Waals surface area contributed by atoms with Gasteiger partial charge in [0, 0.05) is 49.8 Å². The van der Waals surface area contributed by atoms with Gasteiger partial charge in [-0.25, -0.2) is 9.78 Å². The number of halogens is 2. The summed E-state index contributed by atoms with van der Waals surface area (Å²) in [5.41, 5.74) is 1.98.